The number of rotatable bonds is 5. The number of carbonyl (C=O) groups excluding carboxylic acids is 1. The van der Waals surface area contributed by atoms with Gasteiger partial charge in [0.1, 0.15) is 11.5 Å². The lowest BCUT2D eigenvalue weighted by Gasteiger charge is -2.12. The Bertz CT molecular complexity index is 804. The lowest BCUT2D eigenvalue weighted by atomic mass is 10.0. The lowest BCUT2D eigenvalue weighted by Crippen LogP contribution is -2.19. The highest BCUT2D eigenvalue weighted by Gasteiger charge is 2.20. The molecule has 2 aromatic rings. The van der Waals surface area contributed by atoms with Gasteiger partial charge >= 0.3 is 0 Å². The molecule has 1 amide bonds. The number of carbonyl (C=O) groups is 1. The van der Waals surface area contributed by atoms with Crippen molar-refractivity contribution in [1.29, 1.82) is 0 Å². The third kappa shape index (κ3) is 3.82. The molecule has 0 saturated carbocycles. The first-order valence-corrected chi connectivity index (χ1v) is 9.10. The minimum Gasteiger partial charge on any atom is -0.466 e. The second-order valence-corrected chi connectivity index (χ2v) is 7.79. The summed E-state index contributed by atoms with van der Waals surface area (Å²) in [6.45, 7) is 7.08. The van der Waals surface area contributed by atoms with Crippen molar-refractivity contribution in [2.45, 2.75) is 38.5 Å². The SMILES string of the molecule is CCS(=O)(=O)c1ccc(NC(=O)C(C)c2cc(C)oc2C)cc1. The Morgan fingerprint density at radius 1 is 1.22 bits per heavy atom. The maximum atomic E-state index is 12.3. The van der Waals surface area contributed by atoms with E-state index < -0.39 is 9.84 Å². The number of sulfone groups is 1. The molecule has 0 aliphatic rings. The summed E-state index contributed by atoms with van der Waals surface area (Å²) in [4.78, 5) is 12.6. The molecule has 1 N–H and O–H groups in total. The summed E-state index contributed by atoms with van der Waals surface area (Å²) in [5.41, 5.74) is 1.42. The van der Waals surface area contributed by atoms with E-state index in [2.05, 4.69) is 5.32 Å². The van der Waals surface area contributed by atoms with E-state index in [-0.39, 0.29) is 22.5 Å². The number of nitrogens with one attached hydrogen (secondary N) is 1. The van der Waals surface area contributed by atoms with Crippen LogP contribution in [0.2, 0.25) is 0 Å². The first-order valence-electron chi connectivity index (χ1n) is 7.45. The van der Waals surface area contributed by atoms with Gasteiger partial charge in [0.2, 0.25) is 5.91 Å². The van der Waals surface area contributed by atoms with Crippen molar-refractivity contribution in [1.82, 2.24) is 0 Å². The molecule has 0 spiro atoms. The van der Waals surface area contributed by atoms with Gasteiger partial charge in [0.15, 0.2) is 9.84 Å². The van der Waals surface area contributed by atoms with Crippen LogP contribution < -0.4 is 5.32 Å². The Morgan fingerprint density at radius 3 is 2.30 bits per heavy atom. The maximum Gasteiger partial charge on any atom is 0.231 e. The molecule has 0 aliphatic heterocycles. The lowest BCUT2D eigenvalue weighted by molar-refractivity contribution is -0.117. The van der Waals surface area contributed by atoms with Crippen LogP contribution in [0.5, 0.6) is 0 Å². The molecule has 0 fully saturated rings. The van der Waals surface area contributed by atoms with E-state index in [0.717, 1.165) is 17.1 Å². The van der Waals surface area contributed by atoms with Crippen molar-refractivity contribution in [2.75, 3.05) is 11.1 Å². The highest BCUT2D eigenvalue weighted by Crippen LogP contribution is 2.25. The predicted molar refractivity (Wildman–Crippen MR) is 89.4 cm³/mol. The van der Waals surface area contributed by atoms with Gasteiger partial charge in [-0.25, -0.2) is 8.42 Å². The molecule has 23 heavy (non-hydrogen) atoms. The van der Waals surface area contributed by atoms with Crippen LogP contribution in [0.15, 0.2) is 39.6 Å². The minimum atomic E-state index is -3.23. The number of aryl methyl sites for hydroxylation is 2. The predicted octanol–water partition coefficient (Wildman–Crippen LogP) is 3.43. The molecule has 1 unspecified atom stereocenters. The molecule has 1 aromatic heterocycles. The fraction of sp³-hybridized carbons (Fsp3) is 0.353. The zero-order chi connectivity index (χ0) is 17.2. The zero-order valence-corrected chi connectivity index (χ0v) is 14.5. The van der Waals surface area contributed by atoms with Gasteiger partial charge in [-0.3, -0.25) is 4.79 Å². The van der Waals surface area contributed by atoms with Gasteiger partial charge in [0.05, 0.1) is 16.6 Å². The molecule has 6 heteroatoms. The van der Waals surface area contributed by atoms with Crippen molar-refractivity contribution in [3.8, 4) is 0 Å². The van der Waals surface area contributed by atoms with Gasteiger partial charge in [-0.1, -0.05) is 6.92 Å². The Balaban J connectivity index is 2.13. The molecule has 0 bridgehead atoms. The van der Waals surface area contributed by atoms with Crippen molar-refractivity contribution in [3.63, 3.8) is 0 Å². The third-order valence-corrected chi connectivity index (χ3v) is 5.55. The Hall–Kier alpha value is -2.08. The van der Waals surface area contributed by atoms with Crippen molar-refractivity contribution in [3.05, 3.63) is 47.4 Å². The second kappa shape index (κ2) is 6.58. The standard InChI is InChI=1S/C17H21NO4S/c1-5-23(20,21)15-8-6-14(7-9-15)18-17(19)12(3)16-10-11(2)22-13(16)4/h6-10,12H,5H2,1-4H3,(H,18,19). The summed E-state index contributed by atoms with van der Waals surface area (Å²) in [7, 11) is -3.23. The normalized spacial score (nSPS) is 12.9. The highest BCUT2D eigenvalue weighted by atomic mass is 32.2. The molecule has 1 aromatic carbocycles. The summed E-state index contributed by atoms with van der Waals surface area (Å²) >= 11 is 0. The van der Waals surface area contributed by atoms with Crippen molar-refractivity contribution in [2.24, 2.45) is 0 Å². The number of furan rings is 1. The van der Waals surface area contributed by atoms with E-state index >= 15 is 0 Å². The molecule has 0 radical (unpaired) electrons. The fourth-order valence-electron chi connectivity index (χ4n) is 2.38. The minimum absolute atomic E-state index is 0.0505. The molecule has 1 atom stereocenters. The molecule has 0 saturated heterocycles. The van der Waals surface area contributed by atoms with E-state index in [1.165, 1.54) is 12.1 Å². The number of anilines is 1. The van der Waals surface area contributed by atoms with Gasteiger partial charge in [-0.2, -0.15) is 0 Å². The molecule has 5 nitrogen and oxygen atoms in total. The van der Waals surface area contributed by atoms with Gasteiger partial charge in [-0.15, -0.1) is 0 Å². The average Bonchev–Trinajstić information content (AvgIpc) is 2.85. The van der Waals surface area contributed by atoms with Gasteiger partial charge in [0, 0.05) is 11.3 Å². The summed E-state index contributed by atoms with van der Waals surface area (Å²) < 4.78 is 29.0. The largest absolute Gasteiger partial charge is 0.466 e. The van der Waals surface area contributed by atoms with Crippen LogP contribution in [0.4, 0.5) is 5.69 Å². The molecular weight excluding hydrogens is 314 g/mol. The van der Waals surface area contributed by atoms with Crippen LogP contribution in [-0.4, -0.2) is 20.1 Å². The summed E-state index contributed by atoms with van der Waals surface area (Å²) in [5.74, 6) is 1.03. The summed E-state index contributed by atoms with van der Waals surface area (Å²) in [6.07, 6.45) is 0. The highest BCUT2D eigenvalue weighted by molar-refractivity contribution is 7.91. The van der Waals surface area contributed by atoms with Crippen LogP contribution in [0, 0.1) is 13.8 Å². The van der Waals surface area contributed by atoms with E-state index in [9.17, 15) is 13.2 Å². The Morgan fingerprint density at radius 2 is 1.83 bits per heavy atom. The topological polar surface area (TPSA) is 76.4 Å². The van der Waals surface area contributed by atoms with Crippen LogP contribution in [0.25, 0.3) is 0 Å². The number of hydrogen-bond donors (Lipinski definition) is 1. The van der Waals surface area contributed by atoms with Crippen LogP contribution >= 0.6 is 0 Å². The molecule has 0 aliphatic carbocycles. The van der Waals surface area contributed by atoms with Crippen molar-refractivity contribution < 1.29 is 17.6 Å². The molecular formula is C17H21NO4S. The molecule has 124 valence electrons. The summed E-state index contributed by atoms with van der Waals surface area (Å²) in [5, 5.41) is 2.80. The quantitative estimate of drug-likeness (QED) is 0.908. The van der Waals surface area contributed by atoms with E-state index in [1.54, 1.807) is 19.1 Å². The van der Waals surface area contributed by atoms with E-state index in [4.69, 9.17) is 4.42 Å². The van der Waals surface area contributed by atoms with Crippen molar-refractivity contribution >= 4 is 21.4 Å². The average molecular weight is 335 g/mol. The van der Waals surface area contributed by atoms with E-state index in [0.29, 0.717) is 5.69 Å². The van der Waals surface area contributed by atoms with E-state index in [1.807, 2.05) is 26.8 Å². The Kier molecular flexibility index (Phi) is 4.94. The van der Waals surface area contributed by atoms with Gasteiger partial charge < -0.3 is 9.73 Å². The Labute approximate surface area is 136 Å². The van der Waals surface area contributed by atoms with Crippen LogP contribution in [-0.2, 0) is 14.6 Å². The summed E-state index contributed by atoms with van der Waals surface area (Å²) in [6, 6.07) is 8.07. The van der Waals surface area contributed by atoms with Crippen LogP contribution in [0.1, 0.15) is 36.8 Å². The molecule has 2 rings (SSSR count). The first-order chi connectivity index (χ1) is 10.7. The number of amides is 1. The third-order valence-electron chi connectivity index (χ3n) is 3.80. The number of benzene rings is 1. The zero-order valence-electron chi connectivity index (χ0n) is 13.7. The number of hydrogen-bond acceptors (Lipinski definition) is 4. The second-order valence-electron chi connectivity index (χ2n) is 5.51. The monoisotopic (exact) mass is 335 g/mol. The first kappa shape index (κ1) is 17.3. The van der Waals surface area contributed by atoms with Gasteiger partial charge in [0.25, 0.3) is 0 Å². The fourth-order valence-corrected chi connectivity index (χ4v) is 3.27. The maximum absolute atomic E-state index is 12.3. The van der Waals surface area contributed by atoms with Crippen LogP contribution in [0.3, 0.4) is 0 Å². The molecule has 1 heterocycles. The van der Waals surface area contributed by atoms with Gasteiger partial charge in [-0.05, 0) is 51.1 Å². The smallest absolute Gasteiger partial charge is 0.231 e.